The van der Waals surface area contributed by atoms with E-state index in [4.69, 9.17) is 21.1 Å². The summed E-state index contributed by atoms with van der Waals surface area (Å²) in [6.45, 7) is 0.0276. The van der Waals surface area contributed by atoms with Crippen LogP contribution in [0.25, 0.3) is 0 Å². The molecule has 0 saturated heterocycles. The molecule has 0 spiro atoms. The lowest BCUT2D eigenvalue weighted by atomic mass is 10.2. The maximum absolute atomic E-state index is 11.9. The summed E-state index contributed by atoms with van der Waals surface area (Å²) in [6, 6.07) is 11.5. The molecular formula is C16H13ClN2O4. The summed E-state index contributed by atoms with van der Waals surface area (Å²) in [4.78, 5) is 23.8. The number of rotatable bonds is 4. The van der Waals surface area contributed by atoms with Crippen molar-refractivity contribution < 1.29 is 19.1 Å². The lowest BCUT2D eigenvalue weighted by Gasteiger charge is -2.08. The van der Waals surface area contributed by atoms with Gasteiger partial charge < -0.3 is 20.1 Å². The molecule has 23 heavy (non-hydrogen) atoms. The van der Waals surface area contributed by atoms with Gasteiger partial charge in [0, 0.05) is 22.3 Å². The Hall–Kier alpha value is -2.73. The van der Waals surface area contributed by atoms with Gasteiger partial charge in [0.25, 0.3) is 5.91 Å². The third-order valence-corrected chi connectivity index (χ3v) is 3.42. The van der Waals surface area contributed by atoms with Crippen LogP contribution >= 0.6 is 11.6 Å². The third kappa shape index (κ3) is 3.73. The van der Waals surface area contributed by atoms with Crippen LogP contribution in [-0.4, -0.2) is 25.2 Å². The number of fused-ring (bicyclic) bond motifs is 1. The topological polar surface area (TPSA) is 76.7 Å². The fourth-order valence-corrected chi connectivity index (χ4v) is 2.17. The predicted octanol–water partition coefficient (Wildman–Crippen LogP) is 2.44. The number of ether oxygens (including phenoxy) is 2. The van der Waals surface area contributed by atoms with Crippen molar-refractivity contribution >= 4 is 29.1 Å². The molecule has 2 amide bonds. The number of halogens is 1. The van der Waals surface area contributed by atoms with Gasteiger partial charge in [-0.2, -0.15) is 0 Å². The van der Waals surface area contributed by atoms with E-state index < -0.39 is 0 Å². The highest BCUT2D eigenvalue weighted by atomic mass is 35.5. The molecule has 2 aromatic rings. The predicted molar refractivity (Wildman–Crippen MR) is 85.0 cm³/mol. The lowest BCUT2D eigenvalue weighted by molar-refractivity contribution is -0.115. The Morgan fingerprint density at radius 1 is 1.04 bits per heavy atom. The van der Waals surface area contributed by atoms with Crippen molar-refractivity contribution in [2.24, 2.45) is 0 Å². The highest BCUT2D eigenvalue weighted by Crippen LogP contribution is 2.34. The minimum atomic E-state index is -0.345. The molecule has 7 heteroatoms. The molecule has 6 nitrogen and oxygen atoms in total. The number of hydrogen-bond acceptors (Lipinski definition) is 4. The molecule has 0 atom stereocenters. The standard InChI is InChI=1S/C16H13ClN2O4/c17-11-3-1-10(2-4-11)16(21)18-8-15(20)19-12-5-6-13-14(7-12)23-9-22-13/h1-7H,8-9H2,(H,18,21)(H,19,20). The van der Waals surface area contributed by atoms with E-state index in [0.29, 0.717) is 27.8 Å². The average molecular weight is 333 g/mol. The summed E-state index contributed by atoms with van der Waals surface area (Å²) in [5.41, 5.74) is 1.00. The van der Waals surface area contributed by atoms with Crippen LogP contribution in [0.4, 0.5) is 5.69 Å². The minimum Gasteiger partial charge on any atom is -0.454 e. The lowest BCUT2D eigenvalue weighted by Crippen LogP contribution is -2.32. The highest BCUT2D eigenvalue weighted by Gasteiger charge is 2.14. The fourth-order valence-electron chi connectivity index (χ4n) is 2.04. The quantitative estimate of drug-likeness (QED) is 0.901. The smallest absolute Gasteiger partial charge is 0.251 e. The highest BCUT2D eigenvalue weighted by molar-refractivity contribution is 6.30. The van der Waals surface area contributed by atoms with Gasteiger partial charge in [0.2, 0.25) is 12.7 Å². The molecule has 1 aliphatic rings. The summed E-state index contributed by atoms with van der Waals surface area (Å²) < 4.78 is 10.4. The Morgan fingerprint density at radius 2 is 1.78 bits per heavy atom. The largest absolute Gasteiger partial charge is 0.454 e. The SMILES string of the molecule is O=C(CNC(=O)c1ccc(Cl)cc1)Nc1ccc2c(c1)OCO2. The third-order valence-electron chi connectivity index (χ3n) is 3.17. The monoisotopic (exact) mass is 332 g/mol. The van der Waals surface area contributed by atoms with Crippen LogP contribution in [0.2, 0.25) is 5.02 Å². The Bertz CT molecular complexity index is 746. The number of hydrogen-bond donors (Lipinski definition) is 2. The zero-order valence-electron chi connectivity index (χ0n) is 12.0. The number of benzene rings is 2. The minimum absolute atomic E-state index is 0.143. The zero-order chi connectivity index (χ0) is 16.2. The van der Waals surface area contributed by atoms with Gasteiger partial charge in [-0.15, -0.1) is 0 Å². The van der Waals surface area contributed by atoms with Crippen LogP contribution in [0.3, 0.4) is 0 Å². The van der Waals surface area contributed by atoms with Gasteiger partial charge in [0.05, 0.1) is 6.54 Å². The molecule has 0 aromatic heterocycles. The van der Waals surface area contributed by atoms with E-state index in [9.17, 15) is 9.59 Å². The second-order valence-electron chi connectivity index (χ2n) is 4.81. The number of carbonyl (C=O) groups excluding carboxylic acids is 2. The first kappa shape index (κ1) is 15.2. The fraction of sp³-hybridized carbons (Fsp3) is 0.125. The van der Waals surface area contributed by atoms with Crippen molar-refractivity contribution in [1.29, 1.82) is 0 Å². The first-order chi connectivity index (χ1) is 11.1. The van der Waals surface area contributed by atoms with Gasteiger partial charge in [-0.25, -0.2) is 0 Å². The second-order valence-corrected chi connectivity index (χ2v) is 5.24. The van der Waals surface area contributed by atoms with Crippen molar-refractivity contribution in [3.05, 3.63) is 53.1 Å². The van der Waals surface area contributed by atoms with E-state index in [2.05, 4.69) is 10.6 Å². The van der Waals surface area contributed by atoms with Crippen molar-refractivity contribution in [2.45, 2.75) is 0 Å². The van der Waals surface area contributed by atoms with E-state index >= 15 is 0 Å². The molecule has 0 aliphatic carbocycles. The molecule has 0 radical (unpaired) electrons. The second kappa shape index (κ2) is 6.58. The number of amides is 2. The van der Waals surface area contributed by atoms with Crippen LogP contribution in [0.5, 0.6) is 11.5 Å². The number of nitrogens with one attached hydrogen (secondary N) is 2. The van der Waals surface area contributed by atoms with Crippen molar-refractivity contribution in [3.8, 4) is 11.5 Å². The molecule has 3 rings (SSSR count). The van der Waals surface area contributed by atoms with Crippen LogP contribution in [0.1, 0.15) is 10.4 Å². The van der Waals surface area contributed by atoms with E-state index in [0.717, 1.165) is 0 Å². The Kier molecular flexibility index (Phi) is 4.34. The summed E-state index contributed by atoms with van der Waals surface area (Å²) in [7, 11) is 0. The molecule has 0 bridgehead atoms. The summed E-state index contributed by atoms with van der Waals surface area (Å²) in [5, 5.41) is 5.76. The Labute approximate surface area is 137 Å². The molecule has 118 valence electrons. The van der Waals surface area contributed by atoms with Crippen molar-refractivity contribution in [1.82, 2.24) is 5.32 Å². The molecular weight excluding hydrogens is 320 g/mol. The molecule has 1 heterocycles. The molecule has 0 fully saturated rings. The molecule has 1 aliphatic heterocycles. The van der Waals surface area contributed by atoms with Crippen LogP contribution in [-0.2, 0) is 4.79 Å². The van der Waals surface area contributed by atoms with Crippen molar-refractivity contribution in [3.63, 3.8) is 0 Å². The molecule has 0 saturated carbocycles. The van der Waals surface area contributed by atoms with Gasteiger partial charge >= 0.3 is 0 Å². The van der Waals surface area contributed by atoms with Gasteiger partial charge in [-0.1, -0.05) is 11.6 Å². The van der Waals surface area contributed by atoms with Crippen LogP contribution < -0.4 is 20.1 Å². The van der Waals surface area contributed by atoms with Gasteiger partial charge in [0.15, 0.2) is 11.5 Å². The van der Waals surface area contributed by atoms with E-state index in [-0.39, 0.29) is 25.2 Å². The summed E-state index contributed by atoms with van der Waals surface area (Å²) >= 11 is 5.76. The molecule has 0 unspecified atom stereocenters. The summed E-state index contributed by atoms with van der Waals surface area (Å²) in [6.07, 6.45) is 0. The average Bonchev–Trinajstić information content (AvgIpc) is 3.01. The number of carbonyl (C=O) groups is 2. The van der Waals surface area contributed by atoms with Gasteiger partial charge in [0.1, 0.15) is 0 Å². The van der Waals surface area contributed by atoms with Gasteiger partial charge in [-0.05, 0) is 36.4 Å². The van der Waals surface area contributed by atoms with Crippen LogP contribution in [0.15, 0.2) is 42.5 Å². The Balaban J connectivity index is 1.53. The van der Waals surface area contributed by atoms with Crippen LogP contribution in [0, 0.1) is 0 Å². The maximum atomic E-state index is 11.9. The van der Waals surface area contributed by atoms with E-state index in [1.807, 2.05) is 0 Å². The first-order valence-electron chi connectivity index (χ1n) is 6.85. The first-order valence-corrected chi connectivity index (χ1v) is 7.23. The van der Waals surface area contributed by atoms with E-state index in [1.54, 1.807) is 42.5 Å². The van der Waals surface area contributed by atoms with Crippen molar-refractivity contribution in [2.75, 3.05) is 18.7 Å². The summed E-state index contributed by atoms with van der Waals surface area (Å²) in [5.74, 6) is 0.528. The molecule has 2 N–H and O–H groups in total. The molecule has 2 aromatic carbocycles. The zero-order valence-corrected chi connectivity index (χ0v) is 12.7. The number of anilines is 1. The Morgan fingerprint density at radius 3 is 2.57 bits per heavy atom. The van der Waals surface area contributed by atoms with Gasteiger partial charge in [-0.3, -0.25) is 9.59 Å². The normalized spacial score (nSPS) is 11.9. The van der Waals surface area contributed by atoms with E-state index in [1.165, 1.54) is 0 Å². The maximum Gasteiger partial charge on any atom is 0.251 e.